The van der Waals surface area contributed by atoms with E-state index in [1.54, 1.807) is 6.33 Å². The molecule has 0 aliphatic carbocycles. The van der Waals surface area contributed by atoms with Crippen molar-refractivity contribution < 1.29 is 4.74 Å². The van der Waals surface area contributed by atoms with Gasteiger partial charge in [0.2, 0.25) is 0 Å². The van der Waals surface area contributed by atoms with E-state index >= 15 is 0 Å². The molecule has 0 aromatic carbocycles. The number of ether oxygens (including phenoxy) is 1. The molecule has 1 aliphatic rings. The fraction of sp³-hybridized carbons (Fsp3) is 0.600. The Labute approximate surface area is 78.2 Å². The molecular formula is C10H14N2O. The van der Waals surface area contributed by atoms with Gasteiger partial charge in [0.05, 0.1) is 0 Å². The van der Waals surface area contributed by atoms with Crippen LogP contribution in [0.1, 0.15) is 30.1 Å². The zero-order valence-electron chi connectivity index (χ0n) is 7.86. The van der Waals surface area contributed by atoms with Gasteiger partial charge in [-0.1, -0.05) is 0 Å². The molecule has 0 amide bonds. The third-order valence-corrected chi connectivity index (χ3v) is 2.46. The number of nitrogens with zero attached hydrogens (tertiary/aromatic N) is 2. The Morgan fingerprint density at radius 3 is 2.77 bits per heavy atom. The number of hydrogen-bond acceptors (Lipinski definition) is 3. The van der Waals surface area contributed by atoms with Crippen LogP contribution in [0.3, 0.4) is 0 Å². The molecule has 3 heteroatoms. The molecule has 70 valence electrons. The van der Waals surface area contributed by atoms with Crippen LogP contribution in [0.4, 0.5) is 0 Å². The summed E-state index contributed by atoms with van der Waals surface area (Å²) in [5, 5.41) is 0. The van der Waals surface area contributed by atoms with Crippen LogP contribution in [0.15, 0.2) is 12.4 Å². The van der Waals surface area contributed by atoms with Crippen molar-refractivity contribution in [1.29, 1.82) is 0 Å². The highest BCUT2D eigenvalue weighted by atomic mass is 16.5. The third-order valence-electron chi connectivity index (χ3n) is 2.46. The lowest BCUT2D eigenvalue weighted by Crippen LogP contribution is -2.15. The Hall–Kier alpha value is -0.960. The van der Waals surface area contributed by atoms with Crippen molar-refractivity contribution in [3.63, 3.8) is 0 Å². The second-order valence-corrected chi connectivity index (χ2v) is 3.47. The Morgan fingerprint density at radius 2 is 2.08 bits per heavy atom. The van der Waals surface area contributed by atoms with Gasteiger partial charge in [-0.25, -0.2) is 9.97 Å². The summed E-state index contributed by atoms with van der Waals surface area (Å²) in [5.41, 5.74) is 2.23. The summed E-state index contributed by atoms with van der Waals surface area (Å²) in [4.78, 5) is 8.39. The van der Waals surface area contributed by atoms with E-state index in [4.69, 9.17) is 4.74 Å². The predicted molar refractivity (Wildman–Crippen MR) is 49.6 cm³/mol. The highest BCUT2D eigenvalue weighted by Gasteiger charge is 2.16. The normalized spacial score (nSPS) is 18.8. The highest BCUT2D eigenvalue weighted by molar-refractivity contribution is 5.11. The van der Waals surface area contributed by atoms with Crippen LogP contribution in [-0.4, -0.2) is 23.2 Å². The van der Waals surface area contributed by atoms with Crippen LogP contribution in [0, 0.1) is 6.92 Å². The van der Waals surface area contributed by atoms with E-state index in [9.17, 15) is 0 Å². The standard InChI is InChI=1S/C10H14N2O/c1-8-6-10(12-7-11-8)9-2-4-13-5-3-9/h6-7,9H,2-5H2,1H3. The first-order valence-electron chi connectivity index (χ1n) is 4.72. The minimum atomic E-state index is 0.579. The molecule has 0 saturated carbocycles. The summed E-state index contributed by atoms with van der Waals surface area (Å²) < 4.78 is 5.31. The predicted octanol–water partition coefficient (Wildman–Crippen LogP) is 1.68. The van der Waals surface area contributed by atoms with Gasteiger partial charge in [0.1, 0.15) is 6.33 Å². The van der Waals surface area contributed by atoms with Crippen LogP contribution in [0.5, 0.6) is 0 Å². The fourth-order valence-electron chi connectivity index (χ4n) is 1.69. The molecule has 0 spiro atoms. The molecule has 0 unspecified atom stereocenters. The van der Waals surface area contributed by atoms with E-state index in [2.05, 4.69) is 16.0 Å². The number of aromatic nitrogens is 2. The Kier molecular flexibility index (Phi) is 2.54. The first-order chi connectivity index (χ1) is 6.36. The number of aryl methyl sites for hydroxylation is 1. The number of hydrogen-bond donors (Lipinski definition) is 0. The molecule has 0 bridgehead atoms. The van der Waals surface area contributed by atoms with Crippen molar-refractivity contribution in [2.24, 2.45) is 0 Å². The molecule has 1 saturated heterocycles. The van der Waals surface area contributed by atoms with E-state index in [0.29, 0.717) is 5.92 Å². The Morgan fingerprint density at radius 1 is 1.31 bits per heavy atom. The zero-order valence-corrected chi connectivity index (χ0v) is 7.86. The van der Waals surface area contributed by atoms with E-state index in [0.717, 1.165) is 31.7 Å². The molecule has 1 aliphatic heterocycles. The lowest BCUT2D eigenvalue weighted by Gasteiger charge is -2.21. The van der Waals surface area contributed by atoms with Crippen molar-refractivity contribution >= 4 is 0 Å². The first kappa shape index (κ1) is 8.63. The lowest BCUT2D eigenvalue weighted by molar-refractivity contribution is 0.0844. The molecule has 3 nitrogen and oxygen atoms in total. The molecule has 1 aromatic heterocycles. The average Bonchev–Trinajstić information content (AvgIpc) is 2.19. The first-order valence-corrected chi connectivity index (χ1v) is 4.72. The van der Waals surface area contributed by atoms with Gasteiger partial charge in [-0.05, 0) is 25.8 Å². The number of rotatable bonds is 1. The fourth-order valence-corrected chi connectivity index (χ4v) is 1.69. The molecule has 2 heterocycles. The van der Waals surface area contributed by atoms with Gasteiger partial charge < -0.3 is 4.74 Å². The monoisotopic (exact) mass is 178 g/mol. The molecule has 0 radical (unpaired) electrons. The van der Waals surface area contributed by atoms with Crippen LogP contribution >= 0.6 is 0 Å². The Balaban J connectivity index is 2.14. The highest BCUT2D eigenvalue weighted by Crippen LogP contribution is 2.24. The molecule has 1 aromatic rings. The average molecular weight is 178 g/mol. The van der Waals surface area contributed by atoms with Gasteiger partial charge >= 0.3 is 0 Å². The lowest BCUT2D eigenvalue weighted by atomic mass is 9.96. The summed E-state index contributed by atoms with van der Waals surface area (Å²) >= 11 is 0. The third kappa shape index (κ3) is 2.04. The van der Waals surface area contributed by atoms with E-state index in [-0.39, 0.29) is 0 Å². The quantitative estimate of drug-likeness (QED) is 0.656. The summed E-state index contributed by atoms with van der Waals surface area (Å²) in [7, 11) is 0. The molecule has 13 heavy (non-hydrogen) atoms. The van der Waals surface area contributed by atoms with Gasteiger partial charge in [0.15, 0.2) is 0 Å². The summed E-state index contributed by atoms with van der Waals surface area (Å²) in [6.45, 7) is 3.74. The van der Waals surface area contributed by atoms with E-state index < -0.39 is 0 Å². The van der Waals surface area contributed by atoms with Crippen LogP contribution in [0.25, 0.3) is 0 Å². The largest absolute Gasteiger partial charge is 0.381 e. The van der Waals surface area contributed by atoms with Crippen molar-refractivity contribution in [2.45, 2.75) is 25.7 Å². The second kappa shape index (κ2) is 3.83. The van der Waals surface area contributed by atoms with Gasteiger partial charge in [-0.3, -0.25) is 0 Å². The minimum absolute atomic E-state index is 0.579. The second-order valence-electron chi connectivity index (χ2n) is 3.47. The van der Waals surface area contributed by atoms with Gasteiger partial charge in [0, 0.05) is 30.5 Å². The van der Waals surface area contributed by atoms with Gasteiger partial charge in [-0.2, -0.15) is 0 Å². The van der Waals surface area contributed by atoms with Crippen LogP contribution in [-0.2, 0) is 4.74 Å². The summed E-state index contributed by atoms with van der Waals surface area (Å²) in [6, 6.07) is 2.08. The zero-order chi connectivity index (χ0) is 9.10. The summed E-state index contributed by atoms with van der Waals surface area (Å²) in [5.74, 6) is 0.579. The maximum Gasteiger partial charge on any atom is 0.115 e. The van der Waals surface area contributed by atoms with Crippen molar-refractivity contribution in [3.8, 4) is 0 Å². The molecule has 1 fully saturated rings. The molecule has 2 rings (SSSR count). The van der Waals surface area contributed by atoms with Crippen molar-refractivity contribution in [2.75, 3.05) is 13.2 Å². The van der Waals surface area contributed by atoms with Gasteiger partial charge in [-0.15, -0.1) is 0 Å². The van der Waals surface area contributed by atoms with Crippen molar-refractivity contribution in [3.05, 3.63) is 23.8 Å². The molecule has 0 N–H and O–H groups in total. The van der Waals surface area contributed by atoms with Gasteiger partial charge in [0.25, 0.3) is 0 Å². The van der Waals surface area contributed by atoms with E-state index in [1.165, 1.54) is 5.69 Å². The molecule has 0 atom stereocenters. The Bertz CT molecular complexity index is 282. The topological polar surface area (TPSA) is 35.0 Å². The van der Waals surface area contributed by atoms with E-state index in [1.807, 2.05) is 6.92 Å². The van der Waals surface area contributed by atoms with Crippen LogP contribution < -0.4 is 0 Å². The minimum Gasteiger partial charge on any atom is -0.381 e. The summed E-state index contributed by atoms with van der Waals surface area (Å²) in [6.07, 6.45) is 3.84. The smallest absolute Gasteiger partial charge is 0.115 e. The SMILES string of the molecule is Cc1cc(C2CCOCC2)ncn1. The maximum absolute atomic E-state index is 5.31. The molecular weight excluding hydrogens is 164 g/mol. The van der Waals surface area contributed by atoms with Crippen LogP contribution in [0.2, 0.25) is 0 Å². The van der Waals surface area contributed by atoms with Crippen molar-refractivity contribution in [1.82, 2.24) is 9.97 Å². The maximum atomic E-state index is 5.31.